The normalized spacial score (nSPS) is 19.4. The van der Waals surface area contributed by atoms with Gasteiger partial charge in [-0.1, -0.05) is 25.1 Å². The molecule has 18 heavy (non-hydrogen) atoms. The minimum atomic E-state index is 0.169. The molecule has 0 radical (unpaired) electrons. The maximum Gasteiger partial charge on any atom is 0.186 e. The summed E-state index contributed by atoms with van der Waals surface area (Å²) in [6, 6.07) is 9.10. The third kappa shape index (κ3) is 2.28. The van der Waals surface area contributed by atoms with E-state index in [1.807, 2.05) is 0 Å². The summed E-state index contributed by atoms with van der Waals surface area (Å²) in [5.74, 6) is 0.189. The third-order valence-corrected chi connectivity index (χ3v) is 3.65. The van der Waals surface area contributed by atoms with E-state index in [1.165, 1.54) is 11.3 Å². The fourth-order valence-corrected chi connectivity index (χ4v) is 2.87. The van der Waals surface area contributed by atoms with Crippen LogP contribution in [0.15, 0.2) is 29.3 Å². The highest BCUT2D eigenvalue weighted by Gasteiger charge is 2.33. The molecule has 1 aliphatic heterocycles. The van der Waals surface area contributed by atoms with Crippen molar-refractivity contribution >= 4 is 11.6 Å². The number of fused-ring (bicyclic) bond motifs is 1. The van der Waals surface area contributed by atoms with E-state index in [2.05, 4.69) is 48.0 Å². The topological polar surface area (TPSA) is 67.6 Å². The van der Waals surface area contributed by atoms with Crippen LogP contribution >= 0.6 is 0 Å². The van der Waals surface area contributed by atoms with Crippen LogP contribution in [0.25, 0.3) is 0 Å². The second-order valence-corrected chi connectivity index (χ2v) is 4.72. The number of hydrogen-bond acceptors (Lipinski definition) is 2. The molecule has 2 rings (SSSR count). The number of aliphatic imine (C=N–C) groups is 1. The Labute approximate surface area is 109 Å². The maximum atomic E-state index is 5.54. The fourth-order valence-electron chi connectivity index (χ4n) is 2.87. The Kier molecular flexibility index (Phi) is 3.75. The number of rotatable bonds is 4. The van der Waals surface area contributed by atoms with Crippen LogP contribution in [-0.4, -0.2) is 24.6 Å². The highest BCUT2D eigenvalue weighted by atomic mass is 15.2. The molecule has 0 fully saturated rings. The molecule has 0 saturated heterocycles. The number of benzene rings is 1. The molecule has 0 bridgehead atoms. The van der Waals surface area contributed by atoms with Gasteiger partial charge in [0.15, 0.2) is 5.96 Å². The highest BCUT2D eigenvalue weighted by Crippen LogP contribution is 2.34. The first-order valence-corrected chi connectivity index (χ1v) is 6.60. The second kappa shape index (κ2) is 5.29. The molecule has 1 heterocycles. The number of guanidine groups is 1. The van der Waals surface area contributed by atoms with Crippen molar-refractivity contribution in [3.05, 3.63) is 29.8 Å². The molecule has 98 valence electrons. The Balaban J connectivity index is 2.28. The van der Waals surface area contributed by atoms with Gasteiger partial charge in [-0.05, 0) is 31.4 Å². The van der Waals surface area contributed by atoms with E-state index in [1.54, 1.807) is 0 Å². The zero-order valence-electron chi connectivity index (χ0n) is 11.1. The monoisotopic (exact) mass is 246 g/mol. The number of anilines is 1. The third-order valence-electron chi connectivity index (χ3n) is 3.65. The fraction of sp³-hybridized carbons (Fsp3) is 0.500. The minimum absolute atomic E-state index is 0.169. The molecule has 1 aromatic rings. The van der Waals surface area contributed by atoms with E-state index in [4.69, 9.17) is 11.5 Å². The Hall–Kier alpha value is -1.71. The summed E-state index contributed by atoms with van der Waals surface area (Å²) >= 11 is 0. The van der Waals surface area contributed by atoms with Gasteiger partial charge in [-0.15, -0.1) is 0 Å². The van der Waals surface area contributed by atoms with Crippen LogP contribution in [0, 0.1) is 0 Å². The zero-order valence-corrected chi connectivity index (χ0v) is 11.1. The van der Waals surface area contributed by atoms with Crippen LogP contribution < -0.4 is 16.4 Å². The summed E-state index contributed by atoms with van der Waals surface area (Å²) in [7, 11) is 0. The van der Waals surface area contributed by atoms with Crippen molar-refractivity contribution in [3.63, 3.8) is 0 Å². The predicted molar refractivity (Wildman–Crippen MR) is 76.8 cm³/mol. The highest BCUT2D eigenvalue weighted by molar-refractivity contribution is 5.76. The van der Waals surface area contributed by atoms with E-state index in [9.17, 15) is 0 Å². The molecule has 4 N–H and O–H groups in total. The first kappa shape index (κ1) is 12.7. The van der Waals surface area contributed by atoms with Crippen molar-refractivity contribution in [1.29, 1.82) is 0 Å². The molecule has 1 aromatic carbocycles. The van der Waals surface area contributed by atoms with Crippen LogP contribution in [0.2, 0.25) is 0 Å². The lowest BCUT2D eigenvalue weighted by molar-refractivity contribution is 0.498. The van der Waals surface area contributed by atoms with Crippen molar-refractivity contribution in [2.75, 3.05) is 11.4 Å². The minimum Gasteiger partial charge on any atom is -0.370 e. The van der Waals surface area contributed by atoms with Gasteiger partial charge in [0.2, 0.25) is 0 Å². The Morgan fingerprint density at radius 3 is 2.72 bits per heavy atom. The van der Waals surface area contributed by atoms with Crippen LogP contribution in [0.1, 0.15) is 25.8 Å². The average molecular weight is 246 g/mol. The first-order valence-electron chi connectivity index (χ1n) is 6.60. The molecule has 1 aliphatic rings. The average Bonchev–Trinajstić information content (AvgIpc) is 2.73. The second-order valence-electron chi connectivity index (χ2n) is 4.72. The zero-order chi connectivity index (χ0) is 13.1. The lowest BCUT2D eigenvalue weighted by atomic mass is 10.0. The molecule has 0 aliphatic carbocycles. The molecule has 0 aromatic heterocycles. The van der Waals surface area contributed by atoms with Gasteiger partial charge in [0.25, 0.3) is 0 Å². The smallest absolute Gasteiger partial charge is 0.186 e. The summed E-state index contributed by atoms with van der Waals surface area (Å²) in [4.78, 5) is 6.80. The number of para-hydroxylation sites is 1. The van der Waals surface area contributed by atoms with E-state index >= 15 is 0 Å². The largest absolute Gasteiger partial charge is 0.370 e. The number of nitrogens with zero attached hydrogens (tertiary/aromatic N) is 2. The summed E-state index contributed by atoms with van der Waals surface area (Å²) in [5, 5.41) is 0. The van der Waals surface area contributed by atoms with Crippen LogP contribution in [0.5, 0.6) is 0 Å². The SMILES string of the molecule is CCC(N=C(N)N)C1Cc2ccccc2N1CC. The molecule has 2 unspecified atom stereocenters. The molecule has 4 heteroatoms. The van der Waals surface area contributed by atoms with Crippen molar-refractivity contribution in [3.8, 4) is 0 Å². The summed E-state index contributed by atoms with van der Waals surface area (Å²) in [6.07, 6.45) is 1.98. The number of likely N-dealkylation sites (N-methyl/N-ethyl adjacent to an activating group) is 1. The van der Waals surface area contributed by atoms with Crippen LogP contribution in [-0.2, 0) is 6.42 Å². The van der Waals surface area contributed by atoms with Gasteiger partial charge in [0, 0.05) is 12.2 Å². The van der Waals surface area contributed by atoms with Crippen molar-refractivity contribution in [1.82, 2.24) is 0 Å². The van der Waals surface area contributed by atoms with E-state index in [0.717, 1.165) is 19.4 Å². The molecule has 0 spiro atoms. The molecule has 0 amide bonds. The van der Waals surface area contributed by atoms with Crippen molar-refractivity contribution in [2.45, 2.75) is 38.8 Å². The predicted octanol–water partition coefficient (Wildman–Crippen LogP) is 1.49. The molecule has 0 saturated carbocycles. The van der Waals surface area contributed by atoms with Gasteiger partial charge in [0.1, 0.15) is 0 Å². The quantitative estimate of drug-likeness (QED) is 0.625. The number of nitrogens with two attached hydrogens (primary N) is 2. The van der Waals surface area contributed by atoms with Crippen molar-refractivity contribution < 1.29 is 0 Å². The standard InChI is InChI=1S/C14H22N4/c1-3-11(17-14(15)16)13-9-10-7-5-6-8-12(10)18(13)4-2/h5-8,11,13H,3-4,9H2,1-2H3,(H4,15,16,17). The summed E-state index contributed by atoms with van der Waals surface area (Å²) in [6.45, 7) is 5.30. The van der Waals surface area contributed by atoms with E-state index in [0.29, 0.717) is 6.04 Å². The lowest BCUT2D eigenvalue weighted by Gasteiger charge is -2.30. The molecular formula is C14H22N4. The lowest BCUT2D eigenvalue weighted by Crippen LogP contribution is -2.42. The summed E-state index contributed by atoms with van der Waals surface area (Å²) < 4.78 is 0. The Bertz CT molecular complexity index is 437. The maximum absolute atomic E-state index is 5.54. The first-order chi connectivity index (χ1) is 8.67. The van der Waals surface area contributed by atoms with Crippen LogP contribution in [0.3, 0.4) is 0 Å². The Morgan fingerprint density at radius 2 is 2.11 bits per heavy atom. The summed E-state index contributed by atoms with van der Waals surface area (Å²) in [5.41, 5.74) is 13.8. The van der Waals surface area contributed by atoms with Crippen molar-refractivity contribution in [2.24, 2.45) is 16.5 Å². The molecule has 2 atom stereocenters. The van der Waals surface area contributed by atoms with E-state index in [-0.39, 0.29) is 12.0 Å². The van der Waals surface area contributed by atoms with Crippen LogP contribution in [0.4, 0.5) is 5.69 Å². The Morgan fingerprint density at radius 1 is 1.39 bits per heavy atom. The van der Waals surface area contributed by atoms with Gasteiger partial charge in [-0.25, -0.2) is 4.99 Å². The van der Waals surface area contributed by atoms with E-state index < -0.39 is 0 Å². The van der Waals surface area contributed by atoms with Gasteiger partial charge in [-0.2, -0.15) is 0 Å². The van der Waals surface area contributed by atoms with Gasteiger partial charge >= 0.3 is 0 Å². The number of hydrogen-bond donors (Lipinski definition) is 2. The van der Waals surface area contributed by atoms with Gasteiger partial charge in [-0.3, -0.25) is 0 Å². The molecule has 4 nitrogen and oxygen atoms in total. The van der Waals surface area contributed by atoms with Gasteiger partial charge < -0.3 is 16.4 Å². The molecular weight excluding hydrogens is 224 g/mol. The van der Waals surface area contributed by atoms with Gasteiger partial charge in [0.05, 0.1) is 12.1 Å².